The molecule has 86 heavy (non-hydrogen) atoms. The quantitative estimate of drug-likeness (QED) is 0.0543. The number of likely N-dealkylation sites (tertiary alicyclic amines) is 1. The molecule has 2 aliphatic rings. The van der Waals surface area contributed by atoms with Gasteiger partial charge >= 0.3 is 5.97 Å². The highest BCUT2D eigenvalue weighted by molar-refractivity contribution is 7.15. The highest BCUT2D eigenvalue weighted by Crippen LogP contribution is 2.42. The number of carbonyl (C=O) groups excluding carboxylic acids is 3. The maximum absolute atomic E-state index is 13.1. The molecule has 0 bridgehead atoms. The van der Waals surface area contributed by atoms with E-state index in [0.717, 1.165) is 87.7 Å². The molecule has 0 spiro atoms. The number of halogens is 1. The molecule has 3 N–H and O–H groups in total. The molecular formula is C65H84ClN7O12S. The summed E-state index contributed by atoms with van der Waals surface area (Å²) in [4.78, 5) is 56.0. The van der Waals surface area contributed by atoms with Crippen LogP contribution in [0.2, 0.25) is 5.02 Å². The summed E-state index contributed by atoms with van der Waals surface area (Å²) in [7, 11) is 7.83. The number of methoxy groups -OCH3 is 5. The molecule has 0 radical (unpaired) electrons. The number of aliphatic carboxylic acids is 1. The van der Waals surface area contributed by atoms with Gasteiger partial charge in [-0.15, -0.1) is 21.5 Å². The van der Waals surface area contributed by atoms with E-state index >= 15 is 0 Å². The minimum absolute atomic E-state index is 0.0808. The van der Waals surface area contributed by atoms with Crippen molar-refractivity contribution in [3.63, 3.8) is 0 Å². The lowest BCUT2D eigenvalue weighted by molar-refractivity contribution is -0.152. The molecule has 2 aromatic heterocycles. The third kappa shape index (κ3) is 17.9. The van der Waals surface area contributed by atoms with Crippen LogP contribution in [0.4, 0.5) is 0 Å². The van der Waals surface area contributed by atoms with E-state index in [0.29, 0.717) is 62.1 Å². The molecule has 8 rings (SSSR count). The van der Waals surface area contributed by atoms with Crippen LogP contribution < -0.4 is 39.1 Å². The number of aliphatic imine (C=N–C) groups is 1. The van der Waals surface area contributed by atoms with E-state index in [9.17, 15) is 24.3 Å². The van der Waals surface area contributed by atoms with Gasteiger partial charge in [-0.05, 0) is 164 Å². The Labute approximate surface area is 514 Å². The molecule has 4 aromatic carbocycles. The van der Waals surface area contributed by atoms with Crippen molar-refractivity contribution in [1.82, 2.24) is 30.3 Å². The molecule has 0 saturated carbocycles. The second-order valence-corrected chi connectivity index (χ2v) is 23.9. The van der Waals surface area contributed by atoms with Gasteiger partial charge in [-0.2, -0.15) is 0 Å². The van der Waals surface area contributed by atoms with Gasteiger partial charge in [0.25, 0.3) is 5.91 Å². The first-order valence-corrected chi connectivity index (χ1v) is 29.9. The Balaban J connectivity index is 0.000000213. The van der Waals surface area contributed by atoms with E-state index in [1.807, 2.05) is 96.1 Å². The van der Waals surface area contributed by atoms with Crippen molar-refractivity contribution >= 4 is 52.3 Å². The topological polar surface area (TPSA) is 223 Å². The Morgan fingerprint density at radius 2 is 1.48 bits per heavy atom. The average molecular weight is 1220 g/mol. The maximum atomic E-state index is 13.1. The predicted molar refractivity (Wildman–Crippen MR) is 335 cm³/mol. The zero-order valence-corrected chi connectivity index (χ0v) is 53.7. The van der Waals surface area contributed by atoms with Gasteiger partial charge in [-0.3, -0.25) is 23.9 Å². The van der Waals surface area contributed by atoms with Crippen molar-refractivity contribution in [3.8, 4) is 39.5 Å². The van der Waals surface area contributed by atoms with Gasteiger partial charge in [0.15, 0.2) is 35.4 Å². The lowest BCUT2D eigenvalue weighted by Gasteiger charge is -2.35. The molecule has 1 saturated heterocycles. The van der Waals surface area contributed by atoms with Crippen LogP contribution in [0.1, 0.15) is 129 Å². The Bertz CT molecular complexity index is 3300. The monoisotopic (exact) mass is 1220 g/mol. The summed E-state index contributed by atoms with van der Waals surface area (Å²) >= 11 is 7.80. The van der Waals surface area contributed by atoms with Gasteiger partial charge in [0, 0.05) is 41.0 Å². The number of rotatable bonds is 23. The number of carboxylic acid groups (broad SMARTS) is 1. The minimum atomic E-state index is -0.946. The van der Waals surface area contributed by atoms with Crippen molar-refractivity contribution in [2.24, 2.45) is 4.99 Å². The third-order valence-electron chi connectivity index (χ3n) is 14.8. The van der Waals surface area contributed by atoms with Crippen molar-refractivity contribution in [2.75, 3.05) is 61.9 Å². The lowest BCUT2D eigenvalue weighted by Crippen LogP contribution is -2.50. The van der Waals surface area contributed by atoms with E-state index in [1.165, 1.54) is 54.7 Å². The van der Waals surface area contributed by atoms with Crippen LogP contribution in [0.25, 0.3) is 5.00 Å². The van der Waals surface area contributed by atoms with Gasteiger partial charge in [-0.25, -0.2) is 4.79 Å². The SMILES string of the molecule is CCC(C(=O)N1CCCCC1C(=O)O)c1cc(OC)c(OC)c(OC)c1.COc1ccc(CCCc2cccc(OCC(=O)NCC(C)(C)OCC(C)(C)NC(C)=O)c2)cc1OC.Cc1sc2c(c1C)C(c1ccc(Cl)cc1)=NCc1nnc(C)n1-2. The molecular weight excluding hydrogens is 1140 g/mol. The summed E-state index contributed by atoms with van der Waals surface area (Å²) in [5.74, 6) is 3.38. The fourth-order valence-electron chi connectivity index (χ4n) is 10.2. The number of nitrogens with zero attached hydrogens (tertiary/aromatic N) is 5. The van der Waals surface area contributed by atoms with E-state index < -0.39 is 29.1 Å². The molecule has 2 atom stereocenters. The second kappa shape index (κ2) is 31.1. The van der Waals surface area contributed by atoms with Gasteiger partial charge in [0.2, 0.25) is 17.6 Å². The molecule has 2 unspecified atom stereocenters. The van der Waals surface area contributed by atoms with Gasteiger partial charge < -0.3 is 53.8 Å². The number of hydrogen-bond acceptors (Lipinski definition) is 15. The molecule has 4 heterocycles. The Kier molecular flexibility index (Phi) is 24.4. The third-order valence-corrected chi connectivity index (χ3v) is 16.2. The molecule has 3 amide bonds. The fraction of sp³-hybridized carbons (Fsp3) is 0.462. The first-order chi connectivity index (χ1) is 41.0. The van der Waals surface area contributed by atoms with Crippen LogP contribution in [0.5, 0.6) is 34.5 Å². The number of carbonyl (C=O) groups is 4. The van der Waals surface area contributed by atoms with Gasteiger partial charge in [0.05, 0.1) is 64.9 Å². The van der Waals surface area contributed by atoms with Crippen LogP contribution in [-0.2, 0) is 43.3 Å². The number of benzene rings is 4. The first kappa shape index (κ1) is 67.4. The van der Waals surface area contributed by atoms with E-state index in [2.05, 4.69) is 51.4 Å². The number of piperidine rings is 1. The number of hydrogen-bond donors (Lipinski definition) is 3. The zero-order chi connectivity index (χ0) is 62.9. The molecule has 6 aromatic rings. The highest BCUT2D eigenvalue weighted by atomic mass is 35.5. The molecule has 21 heteroatoms. The Morgan fingerprint density at radius 1 is 0.814 bits per heavy atom. The second-order valence-electron chi connectivity index (χ2n) is 22.3. The summed E-state index contributed by atoms with van der Waals surface area (Å²) in [5, 5.41) is 25.6. The van der Waals surface area contributed by atoms with Gasteiger partial charge in [-0.1, -0.05) is 48.9 Å². The normalized spacial score (nSPS) is 14.0. The van der Waals surface area contributed by atoms with Crippen molar-refractivity contribution < 1.29 is 57.4 Å². The fourth-order valence-corrected chi connectivity index (χ4v) is 11.5. The van der Waals surface area contributed by atoms with Crippen molar-refractivity contribution in [1.29, 1.82) is 0 Å². The Morgan fingerprint density at radius 3 is 2.09 bits per heavy atom. The molecule has 1 fully saturated rings. The predicted octanol–water partition coefficient (Wildman–Crippen LogP) is 11.0. The number of aryl methyl sites for hydroxylation is 4. The van der Waals surface area contributed by atoms with Crippen LogP contribution in [0.15, 0.2) is 83.9 Å². The number of aromatic nitrogens is 3. The Hall–Kier alpha value is -7.68. The number of ether oxygens (including phenoxy) is 7. The summed E-state index contributed by atoms with van der Waals surface area (Å²) in [6.45, 7) is 18.8. The van der Waals surface area contributed by atoms with Crippen LogP contribution in [-0.4, -0.2) is 133 Å². The molecule has 2 aliphatic heterocycles. The summed E-state index contributed by atoms with van der Waals surface area (Å²) in [6, 6.07) is 24.4. The highest BCUT2D eigenvalue weighted by Gasteiger charge is 2.36. The number of fused-ring (bicyclic) bond motifs is 3. The molecule has 0 aliphatic carbocycles. The number of nitrogens with one attached hydrogen (secondary N) is 2. The van der Waals surface area contributed by atoms with Crippen molar-refractivity contribution in [3.05, 3.63) is 134 Å². The molecule has 464 valence electrons. The number of carboxylic acids is 1. The lowest BCUT2D eigenvalue weighted by atomic mass is 9.91. The van der Waals surface area contributed by atoms with Crippen molar-refractivity contribution in [2.45, 2.75) is 137 Å². The summed E-state index contributed by atoms with van der Waals surface area (Å²) < 4.78 is 40.5. The van der Waals surface area contributed by atoms with Crippen LogP contribution in [0, 0.1) is 20.8 Å². The standard InChI is InChI=1S/C29H42N2O6.C19H27NO6.C17H15ClN4S/c1-21(32)31-28(2,3)20-37-29(4,5)19-30-27(33)18-36-24-13-9-12-22(16-24)10-8-11-23-14-15-25(34-6)26(17-23)35-7;1-5-13(18(21)20-9-7-6-8-14(20)19(22)23)12-10-15(24-2)17(26-4)16(11-12)25-3;1-9-10(2)23-17-15(9)16(12-4-6-13(18)7-5-12)19-8-14-21-20-11(3)22(14)17/h9,12-17H,8,10-11,18-20H2,1-7H3,(H,30,33)(H,31,32);10-11,13-14H,5-9H2,1-4H3,(H,22,23);4-7H,8H2,1-3H3. The van der Waals surface area contributed by atoms with E-state index in [1.54, 1.807) is 37.7 Å². The average Bonchev–Trinajstić information content (AvgIpc) is 1.93. The van der Waals surface area contributed by atoms with Gasteiger partial charge in [0.1, 0.15) is 29.2 Å². The summed E-state index contributed by atoms with van der Waals surface area (Å²) in [5.41, 5.74) is 6.48. The largest absolute Gasteiger partial charge is 0.493 e. The molecule has 19 nitrogen and oxygen atoms in total. The van der Waals surface area contributed by atoms with Crippen LogP contribution >= 0.6 is 22.9 Å². The number of thiophene rings is 1. The van der Waals surface area contributed by atoms with E-state index in [-0.39, 0.29) is 24.3 Å². The maximum Gasteiger partial charge on any atom is 0.326 e. The summed E-state index contributed by atoms with van der Waals surface area (Å²) in [6.07, 6.45) is 5.44. The van der Waals surface area contributed by atoms with E-state index in [4.69, 9.17) is 49.8 Å². The minimum Gasteiger partial charge on any atom is -0.493 e. The first-order valence-electron chi connectivity index (χ1n) is 28.7. The smallest absolute Gasteiger partial charge is 0.326 e. The van der Waals surface area contributed by atoms with Crippen LogP contribution in [0.3, 0.4) is 0 Å². The number of amides is 3. The zero-order valence-electron chi connectivity index (χ0n) is 52.1.